The van der Waals surface area contributed by atoms with Crippen molar-refractivity contribution in [2.75, 3.05) is 29.8 Å². The molecular weight excluding hydrogens is 480 g/mol. The normalized spacial score (nSPS) is 11.2. The molecule has 0 aliphatic rings. The molecule has 3 rings (SSSR count). The second-order valence-electron chi connectivity index (χ2n) is 8.09. The van der Waals surface area contributed by atoms with Crippen LogP contribution in [0.2, 0.25) is 0 Å². The van der Waals surface area contributed by atoms with Gasteiger partial charge in [-0.1, -0.05) is 47.5 Å². The zero-order valence-corrected chi connectivity index (χ0v) is 22.0. The van der Waals surface area contributed by atoms with E-state index in [1.54, 1.807) is 60.3 Å². The molecule has 35 heavy (non-hydrogen) atoms. The molecule has 6 nitrogen and oxygen atoms in total. The van der Waals surface area contributed by atoms with Gasteiger partial charge in [0, 0.05) is 11.4 Å². The molecule has 0 fully saturated rings. The van der Waals surface area contributed by atoms with Crippen molar-refractivity contribution in [3.63, 3.8) is 0 Å². The van der Waals surface area contributed by atoms with Crippen LogP contribution in [0.15, 0.2) is 82.6 Å². The molecule has 0 unspecified atom stereocenters. The van der Waals surface area contributed by atoms with Crippen LogP contribution in [0.1, 0.15) is 24.5 Å². The summed E-state index contributed by atoms with van der Waals surface area (Å²) in [5, 5.41) is 2.86. The summed E-state index contributed by atoms with van der Waals surface area (Å²) in [6.45, 7) is 6.27. The molecule has 0 saturated heterocycles. The van der Waals surface area contributed by atoms with Crippen molar-refractivity contribution >= 4 is 33.4 Å². The average molecular weight is 513 g/mol. The van der Waals surface area contributed by atoms with Gasteiger partial charge in [-0.15, -0.1) is 11.8 Å². The molecule has 1 N–H and O–H groups in total. The molecule has 0 aliphatic carbocycles. The molecule has 186 valence electrons. The Morgan fingerprint density at radius 1 is 0.943 bits per heavy atom. The van der Waals surface area contributed by atoms with Crippen LogP contribution in [0.3, 0.4) is 0 Å². The van der Waals surface area contributed by atoms with Gasteiger partial charge < -0.3 is 10.1 Å². The van der Waals surface area contributed by atoms with Crippen LogP contribution in [0.4, 0.5) is 5.69 Å². The topological polar surface area (TPSA) is 75.7 Å². The molecule has 0 aromatic heterocycles. The number of para-hydroxylation sites is 2. The summed E-state index contributed by atoms with van der Waals surface area (Å²) >= 11 is 1.73. The third-order valence-electron chi connectivity index (χ3n) is 5.26. The lowest BCUT2D eigenvalue weighted by atomic mass is 10.2. The summed E-state index contributed by atoms with van der Waals surface area (Å²) in [5.41, 5.74) is 2.50. The van der Waals surface area contributed by atoms with E-state index in [0.717, 1.165) is 22.0 Å². The zero-order chi connectivity index (χ0) is 25.3. The Kier molecular flexibility index (Phi) is 9.63. The number of carbonyl (C=O) groups excluding carboxylic acids is 1. The summed E-state index contributed by atoms with van der Waals surface area (Å²) in [6.07, 6.45) is 0.768. The lowest BCUT2D eigenvalue weighted by molar-refractivity contribution is -0.119. The number of anilines is 1. The van der Waals surface area contributed by atoms with Crippen LogP contribution in [0.5, 0.6) is 5.75 Å². The molecule has 0 bridgehead atoms. The first-order chi connectivity index (χ1) is 16.8. The van der Waals surface area contributed by atoms with Gasteiger partial charge in [0.1, 0.15) is 12.3 Å². The van der Waals surface area contributed by atoms with Crippen LogP contribution in [0.25, 0.3) is 0 Å². The van der Waals surface area contributed by atoms with Gasteiger partial charge >= 0.3 is 0 Å². The quantitative estimate of drug-likeness (QED) is 0.267. The predicted molar refractivity (Wildman–Crippen MR) is 143 cm³/mol. The third-order valence-corrected chi connectivity index (χ3v) is 8.14. The molecule has 0 aliphatic heterocycles. The number of hydrogen-bond donors (Lipinski definition) is 1. The lowest BCUT2D eigenvalue weighted by Gasteiger charge is -2.26. The number of benzene rings is 3. The van der Waals surface area contributed by atoms with E-state index in [1.807, 2.05) is 13.8 Å². The van der Waals surface area contributed by atoms with E-state index >= 15 is 0 Å². The Morgan fingerprint density at radius 3 is 2.23 bits per heavy atom. The summed E-state index contributed by atoms with van der Waals surface area (Å²) in [6, 6.07) is 21.8. The van der Waals surface area contributed by atoms with E-state index in [-0.39, 0.29) is 17.3 Å². The van der Waals surface area contributed by atoms with Gasteiger partial charge in [0.15, 0.2) is 0 Å². The Labute approximate surface area is 212 Å². The molecule has 0 heterocycles. The second kappa shape index (κ2) is 12.7. The molecule has 8 heteroatoms. The second-order valence-corrected chi connectivity index (χ2v) is 11.1. The summed E-state index contributed by atoms with van der Waals surface area (Å²) in [4.78, 5) is 14.1. The van der Waals surface area contributed by atoms with Gasteiger partial charge in [-0.05, 0) is 69.3 Å². The SMILES string of the molecule is CCOc1ccccc1N(CC(=O)NCCCSc1ccc(C)cc1)S(=O)(=O)c1ccc(C)cc1. The maximum absolute atomic E-state index is 13.6. The van der Waals surface area contributed by atoms with Crippen molar-refractivity contribution in [3.05, 3.63) is 83.9 Å². The van der Waals surface area contributed by atoms with Gasteiger partial charge in [-0.3, -0.25) is 9.10 Å². The number of amides is 1. The fourth-order valence-corrected chi connectivity index (χ4v) is 5.67. The predicted octanol–water partition coefficient (Wildman–Crippen LogP) is 5.20. The molecule has 3 aromatic carbocycles. The van der Waals surface area contributed by atoms with E-state index in [1.165, 1.54) is 10.5 Å². The zero-order valence-electron chi connectivity index (χ0n) is 20.4. The van der Waals surface area contributed by atoms with Crippen LogP contribution in [-0.2, 0) is 14.8 Å². The number of sulfonamides is 1. The van der Waals surface area contributed by atoms with Crippen LogP contribution >= 0.6 is 11.8 Å². The maximum Gasteiger partial charge on any atom is 0.264 e. The Hall–Kier alpha value is -2.97. The molecule has 0 radical (unpaired) electrons. The van der Waals surface area contributed by atoms with Crippen molar-refractivity contribution in [2.24, 2.45) is 0 Å². The highest BCUT2D eigenvalue weighted by molar-refractivity contribution is 7.99. The Bertz CT molecular complexity index is 1210. The number of ether oxygens (including phenoxy) is 1. The van der Waals surface area contributed by atoms with Crippen molar-refractivity contribution < 1.29 is 17.9 Å². The Balaban J connectivity index is 1.70. The number of hydrogen-bond acceptors (Lipinski definition) is 5. The first-order valence-corrected chi connectivity index (χ1v) is 14.0. The summed E-state index contributed by atoms with van der Waals surface area (Å²) in [5.74, 6) is 0.891. The van der Waals surface area contributed by atoms with E-state index in [2.05, 4.69) is 36.5 Å². The van der Waals surface area contributed by atoms with Crippen LogP contribution < -0.4 is 14.4 Å². The Morgan fingerprint density at radius 2 is 1.57 bits per heavy atom. The molecule has 0 spiro atoms. The lowest BCUT2D eigenvalue weighted by Crippen LogP contribution is -2.41. The van der Waals surface area contributed by atoms with E-state index in [4.69, 9.17) is 4.74 Å². The largest absolute Gasteiger partial charge is 0.492 e. The number of carbonyl (C=O) groups is 1. The van der Waals surface area contributed by atoms with Crippen molar-refractivity contribution in [1.82, 2.24) is 5.32 Å². The summed E-state index contributed by atoms with van der Waals surface area (Å²) in [7, 11) is -3.99. The minimum atomic E-state index is -3.99. The van der Waals surface area contributed by atoms with Crippen molar-refractivity contribution in [2.45, 2.75) is 37.0 Å². The standard InChI is InChI=1S/C27H32N2O4S2/c1-4-33-26-9-6-5-8-25(26)29(35(31,32)24-16-12-22(3)13-17-24)20-27(30)28-18-7-19-34-23-14-10-21(2)11-15-23/h5-6,8-17H,4,7,18-20H2,1-3H3,(H,28,30). The molecule has 3 aromatic rings. The van der Waals surface area contributed by atoms with Gasteiger partial charge in [-0.2, -0.15) is 0 Å². The van der Waals surface area contributed by atoms with Gasteiger partial charge in [0.05, 0.1) is 17.2 Å². The number of aryl methyl sites for hydroxylation is 2. The van der Waals surface area contributed by atoms with Crippen molar-refractivity contribution in [3.8, 4) is 5.75 Å². The summed E-state index contributed by atoms with van der Waals surface area (Å²) < 4.78 is 34.0. The molecule has 1 amide bonds. The molecular formula is C27H32N2O4S2. The fourth-order valence-electron chi connectivity index (χ4n) is 3.39. The highest BCUT2D eigenvalue weighted by atomic mass is 32.2. The van der Waals surface area contributed by atoms with E-state index in [0.29, 0.717) is 24.6 Å². The third kappa shape index (κ3) is 7.50. The number of rotatable bonds is 12. The average Bonchev–Trinajstić information content (AvgIpc) is 2.84. The number of nitrogens with zero attached hydrogens (tertiary/aromatic N) is 1. The monoisotopic (exact) mass is 512 g/mol. The first kappa shape index (κ1) is 26.6. The van der Waals surface area contributed by atoms with Crippen LogP contribution in [-0.4, -0.2) is 39.8 Å². The van der Waals surface area contributed by atoms with Gasteiger partial charge in [-0.25, -0.2) is 8.42 Å². The first-order valence-electron chi connectivity index (χ1n) is 11.6. The van der Waals surface area contributed by atoms with Crippen molar-refractivity contribution in [1.29, 1.82) is 0 Å². The minimum absolute atomic E-state index is 0.122. The number of nitrogens with one attached hydrogen (secondary N) is 1. The van der Waals surface area contributed by atoms with E-state index in [9.17, 15) is 13.2 Å². The smallest absolute Gasteiger partial charge is 0.264 e. The number of thioether (sulfide) groups is 1. The molecule has 0 atom stereocenters. The fraction of sp³-hybridized carbons (Fsp3) is 0.296. The highest BCUT2D eigenvalue weighted by Gasteiger charge is 2.29. The highest BCUT2D eigenvalue weighted by Crippen LogP contribution is 2.32. The van der Waals surface area contributed by atoms with Crippen LogP contribution in [0, 0.1) is 13.8 Å². The minimum Gasteiger partial charge on any atom is -0.492 e. The molecule has 0 saturated carbocycles. The van der Waals surface area contributed by atoms with Gasteiger partial charge in [0.25, 0.3) is 10.0 Å². The maximum atomic E-state index is 13.6. The van der Waals surface area contributed by atoms with Gasteiger partial charge in [0.2, 0.25) is 5.91 Å². The van der Waals surface area contributed by atoms with E-state index < -0.39 is 10.0 Å².